The highest BCUT2D eigenvalue weighted by atomic mass is 15.1. The smallest absolute Gasteiger partial charge is 0.178 e. The molecule has 1 N–H and O–H groups in total. The molecular formula is C17H17N5. The summed E-state index contributed by atoms with van der Waals surface area (Å²) in [4.78, 5) is 19.2. The molecule has 0 atom stereocenters. The number of hydrogen-bond acceptors (Lipinski definition) is 4. The van der Waals surface area contributed by atoms with Crippen molar-refractivity contribution < 1.29 is 0 Å². The maximum Gasteiger partial charge on any atom is 0.178 e. The maximum atomic E-state index is 4.74. The Morgan fingerprint density at radius 1 is 1.14 bits per heavy atom. The molecule has 110 valence electrons. The van der Waals surface area contributed by atoms with Crippen LogP contribution in [0.3, 0.4) is 0 Å². The van der Waals surface area contributed by atoms with E-state index < -0.39 is 0 Å². The Hall–Kier alpha value is -2.53. The molecule has 0 radical (unpaired) electrons. The number of aromatic amines is 1. The Kier molecular flexibility index (Phi) is 3.40. The predicted molar refractivity (Wildman–Crippen MR) is 83.9 cm³/mol. The minimum Gasteiger partial charge on any atom is -0.364 e. The quantitative estimate of drug-likeness (QED) is 0.805. The van der Waals surface area contributed by atoms with Gasteiger partial charge < -0.3 is 4.98 Å². The van der Waals surface area contributed by atoms with Gasteiger partial charge in [0.1, 0.15) is 5.69 Å². The van der Waals surface area contributed by atoms with E-state index in [1.54, 1.807) is 6.20 Å². The van der Waals surface area contributed by atoms with Crippen LogP contribution < -0.4 is 0 Å². The van der Waals surface area contributed by atoms with Crippen molar-refractivity contribution in [1.29, 1.82) is 0 Å². The number of nitrogens with one attached hydrogen (secondary N) is 1. The molecule has 3 aromatic rings. The fraction of sp³-hybridized carbons (Fsp3) is 0.235. The molecule has 0 bridgehead atoms. The highest BCUT2D eigenvalue weighted by Crippen LogP contribution is 2.20. The number of pyridine rings is 1. The third kappa shape index (κ3) is 2.63. The SMILES string of the molecule is c1ccc(-c2ncc3c(n2)CN(Cc2ccc[nH]2)CC3)nc1. The number of hydrogen-bond donors (Lipinski definition) is 1. The first kappa shape index (κ1) is 13.2. The van der Waals surface area contributed by atoms with Crippen molar-refractivity contribution in [3.63, 3.8) is 0 Å². The number of rotatable bonds is 3. The molecule has 4 rings (SSSR count). The fourth-order valence-electron chi connectivity index (χ4n) is 2.82. The predicted octanol–water partition coefficient (Wildman–Crippen LogP) is 2.43. The molecule has 1 aliphatic rings. The van der Waals surface area contributed by atoms with Crippen LogP contribution in [0.4, 0.5) is 0 Å². The van der Waals surface area contributed by atoms with Crippen molar-refractivity contribution in [2.24, 2.45) is 0 Å². The minimum absolute atomic E-state index is 0.709. The molecule has 0 saturated heterocycles. The summed E-state index contributed by atoms with van der Waals surface area (Å²) in [5, 5.41) is 0. The summed E-state index contributed by atoms with van der Waals surface area (Å²) >= 11 is 0. The van der Waals surface area contributed by atoms with Crippen molar-refractivity contribution in [3.05, 3.63) is 65.9 Å². The fourth-order valence-corrected chi connectivity index (χ4v) is 2.82. The van der Waals surface area contributed by atoms with E-state index in [1.165, 1.54) is 11.3 Å². The van der Waals surface area contributed by atoms with Gasteiger partial charge in [-0.25, -0.2) is 9.97 Å². The summed E-state index contributed by atoms with van der Waals surface area (Å²) in [5.41, 5.74) is 4.44. The number of fused-ring (bicyclic) bond motifs is 1. The lowest BCUT2D eigenvalue weighted by molar-refractivity contribution is 0.239. The van der Waals surface area contributed by atoms with Gasteiger partial charge in [-0.3, -0.25) is 9.88 Å². The second-order valence-corrected chi connectivity index (χ2v) is 5.54. The van der Waals surface area contributed by atoms with Crippen molar-refractivity contribution in [3.8, 4) is 11.5 Å². The van der Waals surface area contributed by atoms with E-state index in [-0.39, 0.29) is 0 Å². The molecule has 0 aliphatic carbocycles. The molecule has 0 aromatic carbocycles. The number of nitrogens with zero attached hydrogens (tertiary/aromatic N) is 4. The summed E-state index contributed by atoms with van der Waals surface area (Å²) in [7, 11) is 0. The van der Waals surface area contributed by atoms with Gasteiger partial charge in [-0.15, -0.1) is 0 Å². The van der Waals surface area contributed by atoms with Crippen LogP contribution in [0.15, 0.2) is 48.9 Å². The maximum absolute atomic E-state index is 4.74. The van der Waals surface area contributed by atoms with E-state index in [9.17, 15) is 0 Å². The molecule has 0 amide bonds. The van der Waals surface area contributed by atoms with E-state index in [0.717, 1.165) is 37.4 Å². The molecular weight excluding hydrogens is 274 g/mol. The average Bonchev–Trinajstić information content (AvgIpc) is 3.08. The van der Waals surface area contributed by atoms with Gasteiger partial charge in [-0.2, -0.15) is 0 Å². The highest BCUT2D eigenvalue weighted by Gasteiger charge is 2.19. The molecule has 0 fully saturated rings. The largest absolute Gasteiger partial charge is 0.364 e. The number of H-pyrrole nitrogens is 1. The van der Waals surface area contributed by atoms with Crippen molar-refractivity contribution in [2.75, 3.05) is 6.54 Å². The highest BCUT2D eigenvalue weighted by molar-refractivity contribution is 5.49. The third-order valence-corrected chi connectivity index (χ3v) is 3.98. The monoisotopic (exact) mass is 291 g/mol. The first-order valence-electron chi connectivity index (χ1n) is 7.49. The summed E-state index contributed by atoms with van der Waals surface area (Å²) in [6.07, 6.45) is 6.70. The molecule has 4 heterocycles. The van der Waals surface area contributed by atoms with Gasteiger partial charge in [0.2, 0.25) is 0 Å². The molecule has 0 spiro atoms. The molecule has 5 nitrogen and oxygen atoms in total. The van der Waals surface area contributed by atoms with Gasteiger partial charge in [-0.1, -0.05) is 6.07 Å². The minimum atomic E-state index is 0.709. The van der Waals surface area contributed by atoms with Crippen LogP contribution in [-0.2, 0) is 19.5 Å². The van der Waals surface area contributed by atoms with Crippen LogP contribution in [0.5, 0.6) is 0 Å². The van der Waals surface area contributed by atoms with E-state index in [2.05, 4.69) is 25.9 Å². The van der Waals surface area contributed by atoms with E-state index in [1.807, 2.05) is 36.7 Å². The van der Waals surface area contributed by atoms with Crippen molar-refractivity contribution in [1.82, 2.24) is 24.8 Å². The first-order valence-corrected chi connectivity index (χ1v) is 7.49. The van der Waals surface area contributed by atoms with Crippen LogP contribution in [0.25, 0.3) is 11.5 Å². The summed E-state index contributed by atoms with van der Waals surface area (Å²) < 4.78 is 0. The van der Waals surface area contributed by atoms with Crippen LogP contribution >= 0.6 is 0 Å². The lowest BCUT2D eigenvalue weighted by Gasteiger charge is -2.27. The molecule has 0 saturated carbocycles. The van der Waals surface area contributed by atoms with E-state index in [4.69, 9.17) is 4.98 Å². The van der Waals surface area contributed by atoms with Gasteiger partial charge in [0.05, 0.1) is 5.69 Å². The second-order valence-electron chi connectivity index (χ2n) is 5.54. The molecule has 5 heteroatoms. The van der Waals surface area contributed by atoms with Crippen LogP contribution in [0.2, 0.25) is 0 Å². The van der Waals surface area contributed by atoms with Gasteiger partial charge in [0.15, 0.2) is 5.82 Å². The zero-order chi connectivity index (χ0) is 14.8. The summed E-state index contributed by atoms with van der Waals surface area (Å²) in [6, 6.07) is 9.97. The Labute approximate surface area is 129 Å². The van der Waals surface area contributed by atoms with Crippen LogP contribution in [0.1, 0.15) is 17.0 Å². The van der Waals surface area contributed by atoms with Crippen molar-refractivity contribution >= 4 is 0 Å². The zero-order valence-corrected chi connectivity index (χ0v) is 12.2. The van der Waals surface area contributed by atoms with Crippen LogP contribution in [0, 0.1) is 0 Å². The van der Waals surface area contributed by atoms with Gasteiger partial charge in [0, 0.05) is 43.9 Å². The Bertz CT molecular complexity index is 752. The second kappa shape index (κ2) is 5.69. The molecule has 3 aromatic heterocycles. The van der Waals surface area contributed by atoms with Crippen molar-refractivity contribution in [2.45, 2.75) is 19.5 Å². The summed E-state index contributed by atoms with van der Waals surface area (Å²) in [5.74, 6) is 0.709. The van der Waals surface area contributed by atoms with Gasteiger partial charge >= 0.3 is 0 Å². The first-order chi connectivity index (χ1) is 10.9. The van der Waals surface area contributed by atoms with E-state index in [0.29, 0.717) is 5.82 Å². The van der Waals surface area contributed by atoms with Gasteiger partial charge in [0.25, 0.3) is 0 Å². The lowest BCUT2D eigenvalue weighted by atomic mass is 10.1. The number of aromatic nitrogens is 4. The van der Waals surface area contributed by atoms with Gasteiger partial charge in [-0.05, 0) is 36.2 Å². The topological polar surface area (TPSA) is 57.7 Å². The lowest BCUT2D eigenvalue weighted by Crippen LogP contribution is -2.31. The standard InChI is InChI=1S/C17H17N5/c1-2-7-19-15(5-1)17-20-10-13-6-9-22(12-16(13)21-17)11-14-4-3-8-18-14/h1-5,7-8,10,18H,6,9,11-12H2. The molecule has 22 heavy (non-hydrogen) atoms. The summed E-state index contributed by atoms with van der Waals surface area (Å²) in [6.45, 7) is 2.82. The molecule has 1 aliphatic heterocycles. The zero-order valence-electron chi connectivity index (χ0n) is 12.2. The third-order valence-electron chi connectivity index (χ3n) is 3.98. The van der Waals surface area contributed by atoms with E-state index >= 15 is 0 Å². The Balaban J connectivity index is 1.58. The average molecular weight is 291 g/mol. The normalized spacial score (nSPS) is 14.7. The Morgan fingerprint density at radius 2 is 2.14 bits per heavy atom. The Morgan fingerprint density at radius 3 is 2.95 bits per heavy atom. The molecule has 0 unspecified atom stereocenters. The van der Waals surface area contributed by atoms with Crippen LogP contribution in [-0.4, -0.2) is 31.4 Å².